The van der Waals surface area contributed by atoms with Crippen LogP contribution in [0.1, 0.15) is 18.4 Å². The highest BCUT2D eigenvalue weighted by Crippen LogP contribution is 2.17. The van der Waals surface area contributed by atoms with Gasteiger partial charge < -0.3 is 11.5 Å². The number of anilines is 2. The van der Waals surface area contributed by atoms with Crippen LogP contribution >= 0.6 is 0 Å². The first kappa shape index (κ1) is 9.40. The number of nitrogen functional groups attached to an aromatic ring is 2. The van der Waals surface area contributed by atoms with Gasteiger partial charge in [0.2, 0.25) is 0 Å². The average molecular weight is 175 g/mol. The Kier molecular flexibility index (Phi) is 3.15. The van der Waals surface area contributed by atoms with Gasteiger partial charge in [-0.1, -0.05) is 6.07 Å². The molecule has 0 aliphatic heterocycles. The Bertz CT molecular complexity index is 325. The molecule has 3 nitrogen and oxygen atoms in total. The van der Waals surface area contributed by atoms with Gasteiger partial charge in [-0.3, -0.25) is 0 Å². The van der Waals surface area contributed by atoms with Crippen LogP contribution in [0, 0.1) is 11.3 Å². The lowest BCUT2D eigenvalue weighted by atomic mass is 10.1. The zero-order chi connectivity index (χ0) is 9.68. The van der Waals surface area contributed by atoms with Gasteiger partial charge in [-0.2, -0.15) is 5.26 Å². The lowest BCUT2D eigenvalue weighted by Crippen LogP contribution is -1.96. The van der Waals surface area contributed by atoms with Crippen molar-refractivity contribution in [3.8, 4) is 6.07 Å². The van der Waals surface area contributed by atoms with Crippen molar-refractivity contribution < 1.29 is 0 Å². The summed E-state index contributed by atoms with van der Waals surface area (Å²) in [4.78, 5) is 0. The topological polar surface area (TPSA) is 75.8 Å². The van der Waals surface area contributed by atoms with E-state index in [1.807, 2.05) is 12.1 Å². The Labute approximate surface area is 78.0 Å². The number of nitrogens with two attached hydrogens (primary N) is 2. The Morgan fingerprint density at radius 1 is 1.31 bits per heavy atom. The third-order valence-corrected chi connectivity index (χ3v) is 1.90. The van der Waals surface area contributed by atoms with Gasteiger partial charge in [-0.15, -0.1) is 0 Å². The summed E-state index contributed by atoms with van der Waals surface area (Å²) >= 11 is 0. The van der Waals surface area contributed by atoms with Crippen LogP contribution in [0.4, 0.5) is 11.4 Å². The minimum absolute atomic E-state index is 0.573. The molecule has 0 unspecified atom stereocenters. The number of nitriles is 1. The van der Waals surface area contributed by atoms with E-state index < -0.39 is 0 Å². The molecule has 68 valence electrons. The Hall–Kier alpha value is -1.69. The highest BCUT2D eigenvalue weighted by atomic mass is 14.6. The Balaban J connectivity index is 2.62. The number of rotatable bonds is 3. The van der Waals surface area contributed by atoms with E-state index in [0.717, 1.165) is 24.1 Å². The minimum atomic E-state index is 0.573. The van der Waals surface area contributed by atoms with Crippen LogP contribution < -0.4 is 11.5 Å². The number of nitrogens with zero attached hydrogens (tertiary/aromatic N) is 1. The molecular weight excluding hydrogens is 162 g/mol. The van der Waals surface area contributed by atoms with Crippen LogP contribution in [0.15, 0.2) is 18.2 Å². The molecule has 0 atom stereocenters. The highest BCUT2D eigenvalue weighted by Gasteiger charge is 1.98. The van der Waals surface area contributed by atoms with Gasteiger partial charge in [0.15, 0.2) is 0 Å². The van der Waals surface area contributed by atoms with E-state index in [1.54, 1.807) is 6.07 Å². The molecule has 0 saturated heterocycles. The van der Waals surface area contributed by atoms with Crippen molar-refractivity contribution in [3.05, 3.63) is 23.8 Å². The molecule has 3 heteroatoms. The normalized spacial score (nSPS) is 9.46. The summed E-state index contributed by atoms with van der Waals surface area (Å²) in [7, 11) is 0. The predicted molar refractivity (Wildman–Crippen MR) is 53.8 cm³/mol. The second-order valence-electron chi connectivity index (χ2n) is 2.97. The molecule has 0 aliphatic rings. The molecule has 1 aromatic rings. The Morgan fingerprint density at radius 3 is 2.69 bits per heavy atom. The third kappa shape index (κ3) is 2.68. The van der Waals surface area contributed by atoms with Gasteiger partial charge in [0.1, 0.15) is 0 Å². The number of hydrogen-bond acceptors (Lipinski definition) is 3. The van der Waals surface area contributed by atoms with E-state index in [9.17, 15) is 0 Å². The summed E-state index contributed by atoms with van der Waals surface area (Å²) < 4.78 is 0. The molecule has 0 heterocycles. The summed E-state index contributed by atoms with van der Waals surface area (Å²) in [6.45, 7) is 0. The van der Waals surface area contributed by atoms with Gasteiger partial charge in [0.25, 0.3) is 0 Å². The lowest BCUT2D eigenvalue weighted by Gasteiger charge is -2.04. The fourth-order valence-corrected chi connectivity index (χ4v) is 1.20. The first-order valence-corrected chi connectivity index (χ1v) is 4.25. The molecule has 0 spiro atoms. The fraction of sp³-hybridized carbons (Fsp3) is 0.300. The average Bonchev–Trinajstić information content (AvgIpc) is 2.09. The van der Waals surface area contributed by atoms with Crippen LogP contribution in [0.3, 0.4) is 0 Å². The summed E-state index contributed by atoms with van der Waals surface area (Å²) in [5.41, 5.74) is 13.8. The zero-order valence-electron chi connectivity index (χ0n) is 7.46. The number of unbranched alkanes of at least 4 members (excludes halogenated alkanes) is 1. The lowest BCUT2D eigenvalue weighted by molar-refractivity contribution is 0.852. The van der Waals surface area contributed by atoms with Gasteiger partial charge in [0, 0.05) is 17.8 Å². The van der Waals surface area contributed by atoms with E-state index in [1.165, 1.54) is 0 Å². The maximum absolute atomic E-state index is 8.36. The van der Waals surface area contributed by atoms with Crippen molar-refractivity contribution in [2.45, 2.75) is 19.3 Å². The van der Waals surface area contributed by atoms with E-state index in [2.05, 4.69) is 6.07 Å². The molecule has 0 radical (unpaired) electrons. The zero-order valence-corrected chi connectivity index (χ0v) is 7.46. The molecule has 1 aromatic carbocycles. The van der Waals surface area contributed by atoms with E-state index in [4.69, 9.17) is 16.7 Å². The molecular formula is C10H13N3. The number of hydrogen-bond donors (Lipinski definition) is 2. The fourth-order valence-electron chi connectivity index (χ4n) is 1.20. The molecule has 0 fully saturated rings. The standard InChI is InChI=1S/C10H13N3/c11-6-2-1-3-8-4-5-9(12)7-10(8)13/h4-5,7H,1-3,12-13H2. The van der Waals surface area contributed by atoms with Crippen molar-refractivity contribution in [2.75, 3.05) is 11.5 Å². The molecule has 0 aliphatic carbocycles. The van der Waals surface area contributed by atoms with Crippen molar-refractivity contribution in [3.63, 3.8) is 0 Å². The summed E-state index contributed by atoms with van der Waals surface area (Å²) in [6.07, 6.45) is 2.27. The van der Waals surface area contributed by atoms with Crippen LogP contribution in [0.2, 0.25) is 0 Å². The molecule has 13 heavy (non-hydrogen) atoms. The molecule has 0 saturated carbocycles. The molecule has 1 rings (SSSR count). The molecule has 0 aromatic heterocycles. The largest absolute Gasteiger partial charge is 0.399 e. The summed E-state index contributed by atoms with van der Waals surface area (Å²) in [6, 6.07) is 7.61. The Morgan fingerprint density at radius 2 is 2.08 bits per heavy atom. The first-order chi connectivity index (χ1) is 6.24. The second-order valence-corrected chi connectivity index (χ2v) is 2.97. The van der Waals surface area contributed by atoms with Crippen molar-refractivity contribution in [2.24, 2.45) is 0 Å². The van der Waals surface area contributed by atoms with Crippen molar-refractivity contribution >= 4 is 11.4 Å². The van der Waals surface area contributed by atoms with Gasteiger partial charge >= 0.3 is 0 Å². The first-order valence-electron chi connectivity index (χ1n) is 4.25. The van der Waals surface area contributed by atoms with Gasteiger partial charge in [-0.25, -0.2) is 0 Å². The van der Waals surface area contributed by atoms with Crippen LogP contribution in [-0.4, -0.2) is 0 Å². The van der Waals surface area contributed by atoms with Crippen LogP contribution in [0.5, 0.6) is 0 Å². The maximum atomic E-state index is 8.36. The van der Waals surface area contributed by atoms with Crippen LogP contribution in [0.25, 0.3) is 0 Å². The summed E-state index contributed by atoms with van der Waals surface area (Å²) in [5.74, 6) is 0. The predicted octanol–water partition coefficient (Wildman–Crippen LogP) is 1.70. The van der Waals surface area contributed by atoms with Gasteiger partial charge in [-0.05, 0) is 30.5 Å². The quantitative estimate of drug-likeness (QED) is 0.542. The monoisotopic (exact) mass is 175 g/mol. The SMILES string of the molecule is N#CCCCc1ccc(N)cc1N. The van der Waals surface area contributed by atoms with Gasteiger partial charge in [0.05, 0.1) is 6.07 Å². The molecule has 0 amide bonds. The highest BCUT2D eigenvalue weighted by molar-refractivity contribution is 5.56. The smallest absolute Gasteiger partial charge is 0.0621 e. The second kappa shape index (κ2) is 4.36. The van der Waals surface area contributed by atoms with Crippen molar-refractivity contribution in [1.82, 2.24) is 0 Å². The summed E-state index contributed by atoms with van der Waals surface area (Å²) in [5, 5.41) is 8.36. The third-order valence-electron chi connectivity index (χ3n) is 1.90. The van der Waals surface area contributed by atoms with Crippen molar-refractivity contribution in [1.29, 1.82) is 5.26 Å². The van der Waals surface area contributed by atoms with E-state index >= 15 is 0 Å². The number of aryl methyl sites for hydroxylation is 1. The number of benzene rings is 1. The van der Waals surface area contributed by atoms with E-state index in [0.29, 0.717) is 12.1 Å². The molecule has 4 N–H and O–H groups in total. The maximum Gasteiger partial charge on any atom is 0.0621 e. The van der Waals surface area contributed by atoms with Crippen LogP contribution in [-0.2, 0) is 6.42 Å². The molecule has 0 bridgehead atoms. The van der Waals surface area contributed by atoms with E-state index in [-0.39, 0.29) is 0 Å². The minimum Gasteiger partial charge on any atom is -0.399 e.